The van der Waals surface area contributed by atoms with Gasteiger partial charge < -0.3 is 10.2 Å². The highest BCUT2D eigenvalue weighted by Gasteiger charge is 2.06. The first-order valence-electron chi connectivity index (χ1n) is 8.14. The molecular formula is C22H22O2. The third-order valence-corrected chi connectivity index (χ3v) is 4.54. The fraction of sp³-hybridized carbons (Fsp3) is 0.182. The Morgan fingerprint density at radius 2 is 1.00 bits per heavy atom. The summed E-state index contributed by atoms with van der Waals surface area (Å²) in [7, 11) is 0. The molecule has 0 aliphatic heterocycles. The number of aryl methyl sites for hydroxylation is 2. The third kappa shape index (κ3) is 3.25. The van der Waals surface area contributed by atoms with Crippen LogP contribution < -0.4 is 0 Å². The van der Waals surface area contributed by atoms with Crippen LogP contribution in [0.5, 0.6) is 0 Å². The Bertz CT molecular complexity index is 808. The normalized spacial score (nSPS) is 10.8. The van der Waals surface area contributed by atoms with Crippen LogP contribution in [0.25, 0.3) is 22.3 Å². The van der Waals surface area contributed by atoms with E-state index in [1.54, 1.807) is 0 Å². The molecule has 3 rings (SSSR count). The van der Waals surface area contributed by atoms with Gasteiger partial charge in [-0.1, -0.05) is 60.7 Å². The minimum atomic E-state index is 0.0712. The van der Waals surface area contributed by atoms with Gasteiger partial charge in [0.05, 0.1) is 13.2 Å². The van der Waals surface area contributed by atoms with Crippen LogP contribution in [0.3, 0.4) is 0 Å². The molecule has 0 bridgehead atoms. The second kappa shape index (κ2) is 7.00. The fourth-order valence-electron chi connectivity index (χ4n) is 3.07. The predicted octanol–water partition coefficient (Wildman–Crippen LogP) is 4.62. The number of aliphatic hydroxyl groups excluding tert-OH is 2. The van der Waals surface area contributed by atoms with Crippen molar-refractivity contribution in [3.05, 3.63) is 82.9 Å². The molecule has 0 unspecified atom stereocenters. The van der Waals surface area contributed by atoms with E-state index in [1.165, 1.54) is 11.1 Å². The van der Waals surface area contributed by atoms with Gasteiger partial charge in [0.1, 0.15) is 0 Å². The maximum Gasteiger partial charge on any atom is 0.0686 e. The fourth-order valence-corrected chi connectivity index (χ4v) is 3.07. The van der Waals surface area contributed by atoms with Crippen LogP contribution in [-0.2, 0) is 13.2 Å². The van der Waals surface area contributed by atoms with Crippen molar-refractivity contribution in [1.29, 1.82) is 0 Å². The molecule has 0 aromatic heterocycles. The Morgan fingerprint density at radius 3 is 1.42 bits per heavy atom. The van der Waals surface area contributed by atoms with E-state index >= 15 is 0 Å². The first-order valence-corrected chi connectivity index (χ1v) is 8.14. The first-order chi connectivity index (χ1) is 11.6. The number of hydrogen-bond donors (Lipinski definition) is 2. The summed E-state index contributed by atoms with van der Waals surface area (Å²) in [5.74, 6) is 0. The Labute approximate surface area is 143 Å². The lowest BCUT2D eigenvalue weighted by Crippen LogP contribution is -1.94. The SMILES string of the molecule is Cc1cc(-c2ccc(-c3ccc(CO)cc3)cc2)cc(C)c1CO. The minimum Gasteiger partial charge on any atom is -0.392 e. The number of aliphatic hydroxyl groups is 2. The lowest BCUT2D eigenvalue weighted by atomic mass is 9.94. The second-order valence-electron chi connectivity index (χ2n) is 6.18. The average molecular weight is 318 g/mol. The maximum atomic E-state index is 9.44. The minimum absolute atomic E-state index is 0.0712. The lowest BCUT2D eigenvalue weighted by molar-refractivity contribution is 0.280. The van der Waals surface area contributed by atoms with Crippen molar-refractivity contribution in [3.63, 3.8) is 0 Å². The molecule has 0 saturated carbocycles. The molecule has 0 aliphatic rings. The zero-order valence-electron chi connectivity index (χ0n) is 14.1. The van der Waals surface area contributed by atoms with Gasteiger partial charge in [-0.25, -0.2) is 0 Å². The Hall–Kier alpha value is -2.42. The molecule has 0 heterocycles. The van der Waals surface area contributed by atoms with Crippen LogP contribution in [0.15, 0.2) is 60.7 Å². The average Bonchev–Trinajstić information content (AvgIpc) is 2.62. The number of benzene rings is 3. The highest BCUT2D eigenvalue weighted by molar-refractivity contribution is 5.71. The van der Waals surface area contributed by atoms with Gasteiger partial charge in [0.15, 0.2) is 0 Å². The second-order valence-corrected chi connectivity index (χ2v) is 6.18. The van der Waals surface area contributed by atoms with Gasteiger partial charge in [-0.15, -0.1) is 0 Å². The summed E-state index contributed by atoms with van der Waals surface area (Å²) < 4.78 is 0. The highest BCUT2D eigenvalue weighted by Crippen LogP contribution is 2.28. The molecule has 24 heavy (non-hydrogen) atoms. The molecule has 0 amide bonds. The van der Waals surface area contributed by atoms with E-state index < -0.39 is 0 Å². The van der Waals surface area contributed by atoms with Crippen LogP contribution in [0.1, 0.15) is 22.3 Å². The van der Waals surface area contributed by atoms with Crippen LogP contribution in [-0.4, -0.2) is 10.2 Å². The van der Waals surface area contributed by atoms with Crippen molar-refractivity contribution in [2.24, 2.45) is 0 Å². The zero-order valence-corrected chi connectivity index (χ0v) is 14.1. The summed E-state index contributed by atoms with van der Waals surface area (Å²) in [4.78, 5) is 0. The summed E-state index contributed by atoms with van der Waals surface area (Å²) in [5.41, 5.74) is 8.81. The van der Waals surface area contributed by atoms with Gasteiger partial charge >= 0.3 is 0 Å². The van der Waals surface area contributed by atoms with E-state index in [4.69, 9.17) is 5.11 Å². The van der Waals surface area contributed by atoms with Crippen LogP contribution in [0.4, 0.5) is 0 Å². The van der Waals surface area contributed by atoms with E-state index in [0.29, 0.717) is 0 Å². The molecule has 0 spiro atoms. The number of rotatable bonds is 4. The van der Waals surface area contributed by atoms with E-state index in [-0.39, 0.29) is 13.2 Å². The van der Waals surface area contributed by atoms with Gasteiger partial charge in [0, 0.05) is 0 Å². The van der Waals surface area contributed by atoms with Crippen molar-refractivity contribution >= 4 is 0 Å². The summed E-state index contributed by atoms with van der Waals surface area (Å²) in [6.45, 7) is 4.24. The molecule has 122 valence electrons. The Morgan fingerprint density at radius 1 is 0.583 bits per heavy atom. The van der Waals surface area contributed by atoms with Gasteiger partial charge in [0.2, 0.25) is 0 Å². The number of hydrogen-bond acceptors (Lipinski definition) is 2. The Balaban J connectivity index is 1.91. The van der Waals surface area contributed by atoms with Gasteiger partial charge in [-0.05, 0) is 58.4 Å². The molecule has 0 fully saturated rings. The smallest absolute Gasteiger partial charge is 0.0686 e. The topological polar surface area (TPSA) is 40.5 Å². The molecule has 2 N–H and O–H groups in total. The standard InChI is InChI=1S/C22H22O2/c1-15-11-21(12-16(2)22(15)14-24)20-9-7-19(8-10-20)18-5-3-17(13-23)4-6-18/h3-12,23-24H,13-14H2,1-2H3. The zero-order chi connectivity index (χ0) is 17.1. The van der Waals surface area contributed by atoms with Crippen LogP contribution >= 0.6 is 0 Å². The first kappa shape index (κ1) is 16.4. The maximum absolute atomic E-state index is 9.44. The van der Waals surface area contributed by atoms with E-state index in [1.807, 2.05) is 38.1 Å². The molecular weight excluding hydrogens is 296 g/mol. The molecule has 2 nitrogen and oxygen atoms in total. The predicted molar refractivity (Wildman–Crippen MR) is 98.6 cm³/mol. The van der Waals surface area contributed by atoms with Crippen molar-refractivity contribution in [2.45, 2.75) is 27.1 Å². The van der Waals surface area contributed by atoms with Crippen molar-refractivity contribution in [2.75, 3.05) is 0 Å². The molecule has 2 heteroatoms. The van der Waals surface area contributed by atoms with E-state index in [2.05, 4.69) is 36.4 Å². The molecule has 3 aromatic rings. The van der Waals surface area contributed by atoms with Crippen LogP contribution in [0.2, 0.25) is 0 Å². The van der Waals surface area contributed by atoms with Crippen molar-refractivity contribution < 1.29 is 10.2 Å². The molecule has 0 radical (unpaired) electrons. The molecule has 0 atom stereocenters. The van der Waals surface area contributed by atoms with Crippen LogP contribution in [0, 0.1) is 13.8 Å². The van der Waals surface area contributed by atoms with Gasteiger partial charge in [-0.2, -0.15) is 0 Å². The van der Waals surface area contributed by atoms with Crippen molar-refractivity contribution in [3.8, 4) is 22.3 Å². The van der Waals surface area contributed by atoms with Gasteiger partial charge in [-0.3, -0.25) is 0 Å². The van der Waals surface area contributed by atoms with E-state index in [9.17, 15) is 5.11 Å². The highest BCUT2D eigenvalue weighted by atomic mass is 16.3. The summed E-state index contributed by atoms with van der Waals surface area (Å²) >= 11 is 0. The monoisotopic (exact) mass is 318 g/mol. The molecule has 0 saturated heterocycles. The van der Waals surface area contributed by atoms with Crippen molar-refractivity contribution in [1.82, 2.24) is 0 Å². The van der Waals surface area contributed by atoms with E-state index in [0.717, 1.165) is 33.4 Å². The lowest BCUT2D eigenvalue weighted by Gasteiger charge is -2.11. The largest absolute Gasteiger partial charge is 0.392 e. The summed E-state index contributed by atoms with van der Waals surface area (Å²) in [6, 6.07) is 20.7. The molecule has 0 aliphatic carbocycles. The van der Waals surface area contributed by atoms with Gasteiger partial charge in [0.25, 0.3) is 0 Å². The molecule has 3 aromatic carbocycles. The quantitative estimate of drug-likeness (QED) is 0.737. The third-order valence-electron chi connectivity index (χ3n) is 4.54. The Kier molecular flexibility index (Phi) is 4.79. The summed E-state index contributed by atoms with van der Waals surface area (Å²) in [5, 5.41) is 18.6. The summed E-state index contributed by atoms with van der Waals surface area (Å²) in [6.07, 6.45) is 0.